The minimum atomic E-state index is -4.85. The van der Waals surface area contributed by atoms with Crippen LogP contribution in [0, 0.1) is 18.7 Å². The number of nitrogens with zero attached hydrogens (tertiary/aromatic N) is 1. The van der Waals surface area contributed by atoms with Gasteiger partial charge in [0.2, 0.25) is 5.91 Å². The zero-order chi connectivity index (χ0) is 36.7. The topological polar surface area (TPSA) is 131 Å². The number of hydrogen-bond acceptors (Lipinski definition) is 7. The molecule has 1 aliphatic heterocycles. The molecular weight excluding hydrogens is 668 g/mol. The third-order valence-corrected chi connectivity index (χ3v) is 9.55. The summed E-state index contributed by atoms with van der Waals surface area (Å²) in [4.78, 5) is 52.9. The van der Waals surface area contributed by atoms with Crippen molar-refractivity contribution in [3.05, 3.63) is 94.3 Å². The van der Waals surface area contributed by atoms with Crippen molar-refractivity contribution in [1.29, 1.82) is 0 Å². The fourth-order valence-electron chi connectivity index (χ4n) is 6.89. The highest BCUT2D eigenvalue weighted by Gasteiger charge is 2.41. The first-order valence-corrected chi connectivity index (χ1v) is 17.2. The molecule has 0 radical (unpaired) electrons. The summed E-state index contributed by atoms with van der Waals surface area (Å²) in [5, 5.41) is 6.13. The second kappa shape index (κ2) is 16.5. The number of ketones is 1. The van der Waals surface area contributed by atoms with E-state index in [0.717, 1.165) is 43.5 Å². The quantitative estimate of drug-likeness (QED) is 0.135. The Morgan fingerprint density at radius 2 is 1.63 bits per heavy atom. The lowest BCUT2D eigenvalue weighted by molar-refractivity contribution is -0.148. The van der Waals surface area contributed by atoms with Gasteiger partial charge in [0, 0.05) is 35.9 Å². The largest absolute Gasteiger partial charge is 0.461 e. The number of aryl methyl sites for hydroxylation is 1. The third kappa shape index (κ3) is 9.32. The molecule has 1 aliphatic carbocycles. The van der Waals surface area contributed by atoms with Crippen molar-refractivity contribution in [3.8, 4) is 0 Å². The van der Waals surface area contributed by atoms with Crippen LogP contribution in [-0.4, -0.2) is 47.6 Å². The summed E-state index contributed by atoms with van der Waals surface area (Å²) in [6.07, 6.45) is -0.174. The van der Waals surface area contributed by atoms with E-state index in [1.54, 1.807) is 13.0 Å². The first kappa shape index (κ1) is 37.5. The predicted molar refractivity (Wildman–Crippen MR) is 183 cm³/mol. The molecule has 0 bridgehead atoms. The molecule has 2 aliphatic rings. The number of alkyl halides is 3. The number of hydrogen-bond donors (Lipinski definition) is 3. The molecule has 1 heterocycles. The minimum absolute atomic E-state index is 0.0971. The Bertz CT molecular complexity index is 1720. The number of benzene rings is 3. The average molecular weight is 711 g/mol. The molecule has 2 atom stereocenters. The molecule has 2 amide bonds. The van der Waals surface area contributed by atoms with Gasteiger partial charge in [-0.2, -0.15) is 13.2 Å². The molecule has 1 saturated heterocycles. The number of carbonyl (C=O) groups is 4. The van der Waals surface area contributed by atoms with Crippen LogP contribution in [0.2, 0.25) is 0 Å². The lowest BCUT2D eigenvalue weighted by Gasteiger charge is -2.41. The first-order chi connectivity index (χ1) is 24.3. The Labute approximate surface area is 293 Å². The van der Waals surface area contributed by atoms with E-state index in [-0.39, 0.29) is 48.5 Å². The zero-order valence-corrected chi connectivity index (χ0v) is 28.4. The van der Waals surface area contributed by atoms with Gasteiger partial charge in [-0.3, -0.25) is 19.2 Å². The second-order valence-electron chi connectivity index (χ2n) is 13.1. The molecule has 3 aromatic carbocycles. The highest BCUT2D eigenvalue weighted by molar-refractivity contribution is 5.98. The molecule has 9 nitrogen and oxygen atoms in total. The molecule has 4 N–H and O–H groups in total. The molecular formula is C38H42F4N4O5. The van der Waals surface area contributed by atoms with E-state index in [4.69, 9.17) is 10.5 Å². The number of carbonyl (C=O) groups excluding carboxylic acids is 4. The first-order valence-electron chi connectivity index (χ1n) is 17.2. The maximum Gasteiger partial charge on any atom is 0.416 e. The van der Waals surface area contributed by atoms with Crippen molar-refractivity contribution in [1.82, 2.24) is 4.90 Å². The summed E-state index contributed by atoms with van der Waals surface area (Å²) in [6.45, 7) is 0.926. The number of anilines is 2. The van der Waals surface area contributed by atoms with Crippen LogP contribution in [0.5, 0.6) is 0 Å². The summed E-state index contributed by atoms with van der Waals surface area (Å²) in [7, 11) is 0. The molecule has 272 valence electrons. The van der Waals surface area contributed by atoms with Crippen LogP contribution in [0.25, 0.3) is 0 Å². The third-order valence-electron chi connectivity index (χ3n) is 9.55. The number of halogens is 4. The van der Waals surface area contributed by atoms with Gasteiger partial charge in [-0.1, -0.05) is 43.2 Å². The van der Waals surface area contributed by atoms with E-state index in [2.05, 4.69) is 10.6 Å². The molecule has 0 aromatic heterocycles. The van der Waals surface area contributed by atoms with Gasteiger partial charge in [0.05, 0.1) is 36.1 Å². The van der Waals surface area contributed by atoms with E-state index in [9.17, 15) is 32.3 Å². The van der Waals surface area contributed by atoms with Crippen LogP contribution in [-0.2, 0) is 31.9 Å². The van der Waals surface area contributed by atoms with Crippen LogP contribution >= 0.6 is 0 Å². The SMILES string of the molecule is Cc1cccc(F)c1C(=O)N1CCC[C@H](C(=O)Nc2ccc(COC(=O)CCC(=O)CN)c(C(F)(F)F)c2)[C@@H]1c1ccc(NC2CCCC2)cc1. The number of ether oxygens (including phenoxy) is 1. The smallest absolute Gasteiger partial charge is 0.416 e. The lowest BCUT2D eigenvalue weighted by atomic mass is 9.83. The van der Waals surface area contributed by atoms with Crippen molar-refractivity contribution in [2.75, 3.05) is 23.7 Å². The number of nitrogens with two attached hydrogens (primary N) is 1. The maximum atomic E-state index is 15.1. The molecule has 5 rings (SSSR count). The highest BCUT2D eigenvalue weighted by atomic mass is 19.4. The van der Waals surface area contributed by atoms with Crippen molar-refractivity contribution in [2.45, 2.75) is 83.2 Å². The molecule has 51 heavy (non-hydrogen) atoms. The number of esters is 1. The number of likely N-dealkylation sites (tertiary alicyclic amines) is 1. The predicted octanol–water partition coefficient (Wildman–Crippen LogP) is 7.09. The van der Waals surface area contributed by atoms with E-state index in [1.165, 1.54) is 23.1 Å². The molecule has 13 heteroatoms. The van der Waals surface area contributed by atoms with Gasteiger partial charge in [0.1, 0.15) is 18.2 Å². The van der Waals surface area contributed by atoms with Crippen LogP contribution in [0.3, 0.4) is 0 Å². The van der Waals surface area contributed by atoms with Gasteiger partial charge in [-0.05, 0) is 74.1 Å². The summed E-state index contributed by atoms with van der Waals surface area (Å²) < 4.78 is 62.5. The van der Waals surface area contributed by atoms with E-state index in [1.807, 2.05) is 24.3 Å². The fraction of sp³-hybridized carbons (Fsp3) is 0.421. The summed E-state index contributed by atoms with van der Waals surface area (Å²) in [5.41, 5.74) is 5.50. The van der Waals surface area contributed by atoms with Crippen LogP contribution < -0.4 is 16.4 Å². The minimum Gasteiger partial charge on any atom is -0.461 e. The number of piperidine rings is 1. The lowest BCUT2D eigenvalue weighted by Crippen LogP contribution is -2.46. The van der Waals surface area contributed by atoms with Gasteiger partial charge < -0.3 is 26.0 Å². The standard InChI is InChI=1S/C38H42F4N4O5/c1-23-6-4-10-32(39)34(23)37(50)46-19-5-9-30(35(46)24-11-14-27(15-12-24)44-26-7-2-3-8-26)36(49)45-28-16-13-25(31(20-28)38(40,41)42)22-51-33(48)18-17-29(47)21-43/h4,6,10-16,20,26,30,35,44H,2-3,5,7-9,17-19,21-22,43H2,1H3,(H,45,49)/t30-,35-/m0/s1. The zero-order valence-electron chi connectivity index (χ0n) is 28.4. The van der Waals surface area contributed by atoms with E-state index in [0.29, 0.717) is 30.0 Å². The highest BCUT2D eigenvalue weighted by Crippen LogP contribution is 2.40. The number of rotatable bonds is 12. The van der Waals surface area contributed by atoms with Crippen LogP contribution in [0.1, 0.15) is 90.0 Å². The number of amides is 2. The maximum absolute atomic E-state index is 15.1. The van der Waals surface area contributed by atoms with Crippen molar-refractivity contribution >= 4 is 34.9 Å². The Balaban J connectivity index is 1.40. The molecule has 0 spiro atoms. The molecule has 3 aromatic rings. The molecule has 2 fully saturated rings. The van der Waals surface area contributed by atoms with E-state index < -0.39 is 53.9 Å². The Hall–Kier alpha value is -4.78. The van der Waals surface area contributed by atoms with Crippen LogP contribution in [0.15, 0.2) is 60.7 Å². The molecule has 1 saturated carbocycles. The van der Waals surface area contributed by atoms with Gasteiger partial charge >= 0.3 is 12.1 Å². The van der Waals surface area contributed by atoms with Gasteiger partial charge in [-0.15, -0.1) is 0 Å². The normalized spacial score (nSPS) is 18.0. The molecule has 0 unspecified atom stereocenters. The summed E-state index contributed by atoms with van der Waals surface area (Å²) >= 11 is 0. The van der Waals surface area contributed by atoms with Gasteiger partial charge in [0.15, 0.2) is 0 Å². The van der Waals surface area contributed by atoms with E-state index >= 15 is 4.39 Å². The van der Waals surface area contributed by atoms with Crippen LogP contribution in [0.4, 0.5) is 28.9 Å². The second-order valence-corrected chi connectivity index (χ2v) is 13.1. The monoisotopic (exact) mass is 710 g/mol. The van der Waals surface area contributed by atoms with Crippen molar-refractivity contribution in [3.63, 3.8) is 0 Å². The fourth-order valence-corrected chi connectivity index (χ4v) is 6.89. The van der Waals surface area contributed by atoms with Crippen molar-refractivity contribution in [2.24, 2.45) is 11.7 Å². The Morgan fingerprint density at radius 3 is 2.29 bits per heavy atom. The summed E-state index contributed by atoms with van der Waals surface area (Å²) in [5.74, 6) is -3.98. The number of nitrogens with one attached hydrogen (secondary N) is 2. The van der Waals surface area contributed by atoms with Crippen molar-refractivity contribution < 1.29 is 41.5 Å². The van der Waals surface area contributed by atoms with Gasteiger partial charge in [0.25, 0.3) is 5.91 Å². The van der Waals surface area contributed by atoms with Gasteiger partial charge in [-0.25, -0.2) is 4.39 Å². The Kier molecular flexibility index (Phi) is 12.1. The Morgan fingerprint density at radius 1 is 0.922 bits per heavy atom. The average Bonchev–Trinajstić information content (AvgIpc) is 3.62. The summed E-state index contributed by atoms with van der Waals surface area (Å²) in [6, 6.07) is 14.4. The number of Topliss-reactive ketones (excluding diaryl/α,β-unsaturated/α-hetero) is 1.